The van der Waals surface area contributed by atoms with Crippen LogP contribution in [0.15, 0.2) is 24.3 Å². The number of carbonyl (C=O) groups excluding carboxylic acids is 3. The number of hydrogen-bond donors (Lipinski definition) is 0. The Hall–Kier alpha value is -2.37. The Kier molecular flexibility index (Phi) is 6.39. The Morgan fingerprint density at radius 1 is 1.00 bits per heavy atom. The van der Waals surface area contributed by atoms with Gasteiger partial charge in [0.2, 0.25) is 0 Å². The minimum absolute atomic E-state index is 0.0189. The third-order valence-electron chi connectivity index (χ3n) is 2.95. The second-order valence-electron chi connectivity index (χ2n) is 4.49. The predicted octanol–water partition coefficient (Wildman–Crippen LogP) is 1.17. The van der Waals surface area contributed by atoms with E-state index in [0.717, 1.165) is 5.56 Å². The summed E-state index contributed by atoms with van der Waals surface area (Å²) in [4.78, 5) is 36.2. The highest BCUT2D eigenvalue weighted by Gasteiger charge is 2.20. The molecule has 6 nitrogen and oxygen atoms in total. The van der Waals surface area contributed by atoms with Gasteiger partial charge in [0, 0.05) is 12.1 Å². The molecule has 21 heavy (non-hydrogen) atoms. The number of nitrogens with zero attached hydrogens (tertiary/aromatic N) is 1. The van der Waals surface area contributed by atoms with Crippen molar-refractivity contribution in [3.05, 3.63) is 35.4 Å². The Labute approximate surface area is 123 Å². The Bertz CT molecular complexity index is 509. The standard InChI is InChI=1S/C15H19NO5/c1-11-4-6-12(7-5-11)15(19)16(10-14(18)21-3)9-8-13(17)20-2/h4-7H,8-10H2,1-3H3. The fraction of sp³-hybridized carbons (Fsp3) is 0.400. The maximum atomic E-state index is 12.4. The molecule has 0 aliphatic heterocycles. The number of hydrogen-bond acceptors (Lipinski definition) is 5. The number of benzene rings is 1. The molecule has 0 saturated heterocycles. The van der Waals surface area contributed by atoms with Crippen LogP contribution in [0.1, 0.15) is 22.3 Å². The number of methoxy groups -OCH3 is 2. The molecule has 0 bridgehead atoms. The van der Waals surface area contributed by atoms with Crippen LogP contribution in [0.4, 0.5) is 0 Å². The zero-order chi connectivity index (χ0) is 15.8. The van der Waals surface area contributed by atoms with Gasteiger partial charge in [-0.05, 0) is 19.1 Å². The minimum atomic E-state index is -0.541. The second kappa shape index (κ2) is 8.04. The van der Waals surface area contributed by atoms with E-state index in [9.17, 15) is 14.4 Å². The summed E-state index contributed by atoms with van der Waals surface area (Å²) in [5.41, 5.74) is 1.48. The molecule has 114 valence electrons. The summed E-state index contributed by atoms with van der Waals surface area (Å²) >= 11 is 0. The predicted molar refractivity (Wildman–Crippen MR) is 75.7 cm³/mol. The third kappa shape index (κ3) is 5.25. The summed E-state index contributed by atoms with van der Waals surface area (Å²) in [6.07, 6.45) is 0.0189. The number of esters is 2. The van der Waals surface area contributed by atoms with Crippen molar-refractivity contribution in [1.29, 1.82) is 0 Å². The van der Waals surface area contributed by atoms with Crippen molar-refractivity contribution >= 4 is 17.8 Å². The van der Waals surface area contributed by atoms with Crippen molar-refractivity contribution in [2.45, 2.75) is 13.3 Å². The summed E-state index contributed by atoms with van der Waals surface area (Å²) in [5, 5.41) is 0. The van der Waals surface area contributed by atoms with E-state index in [-0.39, 0.29) is 25.4 Å². The molecule has 1 rings (SSSR count). The molecule has 0 atom stereocenters. The van der Waals surface area contributed by atoms with Crippen molar-refractivity contribution in [2.24, 2.45) is 0 Å². The highest BCUT2D eigenvalue weighted by Crippen LogP contribution is 2.08. The maximum absolute atomic E-state index is 12.4. The topological polar surface area (TPSA) is 72.9 Å². The first kappa shape index (κ1) is 16.7. The van der Waals surface area contributed by atoms with Crippen LogP contribution in [0.3, 0.4) is 0 Å². The van der Waals surface area contributed by atoms with Crippen molar-refractivity contribution in [1.82, 2.24) is 4.90 Å². The van der Waals surface area contributed by atoms with Gasteiger partial charge in [-0.2, -0.15) is 0 Å². The van der Waals surface area contributed by atoms with Crippen LogP contribution in [0, 0.1) is 6.92 Å². The van der Waals surface area contributed by atoms with Gasteiger partial charge in [0.15, 0.2) is 0 Å². The molecule has 0 aliphatic carbocycles. The van der Waals surface area contributed by atoms with E-state index in [1.165, 1.54) is 19.1 Å². The van der Waals surface area contributed by atoms with Gasteiger partial charge in [-0.1, -0.05) is 17.7 Å². The van der Waals surface area contributed by atoms with Crippen molar-refractivity contribution in [3.63, 3.8) is 0 Å². The van der Waals surface area contributed by atoms with Gasteiger partial charge in [0.1, 0.15) is 6.54 Å². The quantitative estimate of drug-likeness (QED) is 0.736. The molecule has 0 heterocycles. The molecule has 0 N–H and O–H groups in total. The molecule has 0 spiro atoms. The normalized spacial score (nSPS) is 9.86. The first-order valence-corrected chi connectivity index (χ1v) is 6.47. The fourth-order valence-electron chi connectivity index (χ4n) is 1.68. The van der Waals surface area contributed by atoms with Crippen LogP contribution in [0.25, 0.3) is 0 Å². The molecule has 0 radical (unpaired) electrons. The molecule has 1 aromatic carbocycles. The van der Waals surface area contributed by atoms with Crippen molar-refractivity contribution < 1.29 is 23.9 Å². The second-order valence-corrected chi connectivity index (χ2v) is 4.49. The molecule has 0 aromatic heterocycles. The Morgan fingerprint density at radius 3 is 2.10 bits per heavy atom. The maximum Gasteiger partial charge on any atom is 0.325 e. The average Bonchev–Trinajstić information content (AvgIpc) is 2.50. The molecular weight excluding hydrogens is 274 g/mol. The molecule has 6 heteroatoms. The van der Waals surface area contributed by atoms with Crippen LogP contribution in [0.5, 0.6) is 0 Å². The van der Waals surface area contributed by atoms with Crippen molar-refractivity contribution in [2.75, 3.05) is 27.3 Å². The van der Waals surface area contributed by atoms with Crippen LogP contribution >= 0.6 is 0 Å². The van der Waals surface area contributed by atoms with Gasteiger partial charge < -0.3 is 14.4 Å². The largest absolute Gasteiger partial charge is 0.469 e. The third-order valence-corrected chi connectivity index (χ3v) is 2.95. The van der Waals surface area contributed by atoms with Gasteiger partial charge in [-0.3, -0.25) is 14.4 Å². The number of carbonyl (C=O) groups is 3. The fourth-order valence-corrected chi connectivity index (χ4v) is 1.68. The average molecular weight is 293 g/mol. The van der Waals surface area contributed by atoms with Gasteiger partial charge in [-0.25, -0.2) is 0 Å². The van der Waals surface area contributed by atoms with E-state index < -0.39 is 11.9 Å². The van der Waals surface area contributed by atoms with Crippen LogP contribution in [0.2, 0.25) is 0 Å². The first-order valence-electron chi connectivity index (χ1n) is 6.47. The smallest absolute Gasteiger partial charge is 0.325 e. The molecule has 0 saturated carbocycles. The summed E-state index contributed by atoms with van der Waals surface area (Å²) in [6.45, 7) is 1.80. The lowest BCUT2D eigenvalue weighted by Gasteiger charge is -2.21. The highest BCUT2D eigenvalue weighted by atomic mass is 16.5. The summed E-state index contributed by atoms with van der Waals surface area (Å²) < 4.78 is 9.11. The summed E-state index contributed by atoms with van der Waals surface area (Å²) in [7, 11) is 2.52. The highest BCUT2D eigenvalue weighted by molar-refractivity contribution is 5.96. The van der Waals surface area contributed by atoms with Gasteiger partial charge in [0.05, 0.1) is 20.6 Å². The van der Waals surface area contributed by atoms with E-state index in [0.29, 0.717) is 5.56 Å². The monoisotopic (exact) mass is 293 g/mol. The van der Waals surface area contributed by atoms with Crippen LogP contribution < -0.4 is 0 Å². The zero-order valence-corrected chi connectivity index (χ0v) is 12.4. The van der Waals surface area contributed by atoms with E-state index in [2.05, 4.69) is 9.47 Å². The molecule has 0 unspecified atom stereocenters. The minimum Gasteiger partial charge on any atom is -0.469 e. The first-order chi connectivity index (χ1) is 9.97. The lowest BCUT2D eigenvalue weighted by molar-refractivity contribution is -0.143. The SMILES string of the molecule is COC(=O)CCN(CC(=O)OC)C(=O)c1ccc(C)cc1. The van der Waals surface area contributed by atoms with Crippen LogP contribution in [-0.4, -0.2) is 50.1 Å². The number of rotatable bonds is 6. The van der Waals surface area contributed by atoms with E-state index >= 15 is 0 Å². The van der Waals surface area contributed by atoms with E-state index in [1.54, 1.807) is 12.1 Å². The van der Waals surface area contributed by atoms with Gasteiger partial charge in [0.25, 0.3) is 5.91 Å². The molecule has 0 fully saturated rings. The van der Waals surface area contributed by atoms with E-state index in [4.69, 9.17) is 0 Å². The van der Waals surface area contributed by atoms with Gasteiger partial charge >= 0.3 is 11.9 Å². The molecule has 1 aromatic rings. The lowest BCUT2D eigenvalue weighted by Crippen LogP contribution is -2.37. The number of amides is 1. The van der Waals surface area contributed by atoms with Crippen molar-refractivity contribution in [3.8, 4) is 0 Å². The molecule has 1 amide bonds. The lowest BCUT2D eigenvalue weighted by atomic mass is 10.1. The molecular formula is C15H19NO5. The summed E-state index contributed by atoms with van der Waals surface area (Å²) in [5.74, 6) is -1.31. The number of aryl methyl sites for hydroxylation is 1. The zero-order valence-electron chi connectivity index (χ0n) is 12.4. The van der Waals surface area contributed by atoms with Crippen LogP contribution in [-0.2, 0) is 19.1 Å². The Morgan fingerprint density at radius 2 is 1.57 bits per heavy atom. The Balaban J connectivity index is 2.83. The molecule has 0 aliphatic rings. The van der Waals surface area contributed by atoms with E-state index in [1.807, 2.05) is 19.1 Å². The van der Waals surface area contributed by atoms with Gasteiger partial charge in [-0.15, -0.1) is 0 Å². The number of ether oxygens (including phenoxy) is 2. The summed E-state index contributed by atoms with van der Waals surface area (Å²) in [6, 6.07) is 6.98.